The lowest BCUT2D eigenvalue weighted by Crippen LogP contribution is -2.46. The van der Waals surface area contributed by atoms with Crippen LogP contribution < -0.4 is 11.0 Å². The van der Waals surface area contributed by atoms with Gasteiger partial charge in [0.15, 0.2) is 5.78 Å². The molecule has 0 fully saturated rings. The van der Waals surface area contributed by atoms with Gasteiger partial charge in [0.05, 0.1) is 19.2 Å². The Labute approximate surface area is 164 Å². The molecule has 6 nitrogen and oxygen atoms in total. The number of hydroxylamine groups is 1. The van der Waals surface area contributed by atoms with Crippen LogP contribution in [0.5, 0.6) is 0 Å². The summed E-state index contributed by atoms with van der Waals surface area (Å²) in [5.74, 6) is 0.0769. The van der Waals surface area contributed by atoms with E-state index in [4.69, 9.17) is 4.84 Å². The number of carbonyl (C=O) groups excluding carboxylic acids is 1. The molecule has 2 heterocycles. The summed E-state index contributed by atoms with van der Waals surface area (Å²) in [6.45, 7) is 5.61. The Hall–Kier alpha value is -2.80. The Morgan fingerprint density at radius 3 is 2.79 bits per heavy atom. The van der Waals surface area contributed by atoms with Crippen LogP contribution in [0.4, 0.5) is 0 Å². The fraction of sp³-hybridized carbons (Fsp3) is 0.273. The molecule has 0 bridgehead atoms. The molecule has 28 heavy (non-hydrogen) atoms. The zero-order chi connectivity index (χ0) is 19.9. The van der Waals surface area contributed by atoms with E-state index in [2.05, 4.69) is 23.0 Å². The second-order valence-corrected chi connectivity index (χ2v) is 6.84. The van der Waals surface area contributed by atoms with E-state index in [-0.39, 0.29) is 17.4 Å². The topological polar surface area (TPSA) is 63.6 Å². The van der Waals surface area contributed by atoms with Gasteiger partial charge in [-0.15, -0.1) is 6.58 Å². The predicted octanol–water partition coefficient (Wildman–Crippen LogP) is 2.04. The van der Waals surface area contributed by atoms with Gasteiger partial charge in [0.2, 0.25) is 5.56 Å². The number of aromatic nitrogens is 1. The number of carbonyl (C=O) groups is 1. The first kappa shape index (κ1) is 19.9. The molecule has 1 unspecified atom stereocenters. The van der Waals surface area contributed by atoms with Gasteiger partial charge in [-0.3, -0.25) is 19.3 Å². The summed E-state index contributed by atoms with van der Waals surface area (Å²) in [4.78, 5) is 31.9. The van der Waals surface area contributed by atoms with Crippen LogP contribution in [-0.2, 0) is 11.9 Å². The molecule has 2 aromatic rings. The van der Waals surface area contributed by atoms with Crippen LogP contribution >= 0.6 is 0 Å². The number of Topliss-reactive ketones (excluding diaryl/α,β-unsaturated/α-hetero) is 1. The van der Waals surface area contributed by atoms with Gasteiger partial charge in [0, 0.05) is 38.0 Å². The van der Waals surface area contributed by atoms with Gasteiger partial charge in [0.25, 0.3) is 0 Å². The number of nitrogens with one attached hydrogen (secondary N) is 1. The maximum atomic E-state index is 12.7. The first-order valence-electron chi connectivity index (χ1n) is 9.23. The average molecular weight is 379 g/mol. The quantitative estimate of drug-likeness (QED) is 0.329. The number of hydrogen-bond donors (Lipinski definition) is 1. The molecule has 0 saturated heterocycles. The Kier molecular flexibility index (Phi) is 6.71. The van der Waals surface area contributed by atoms with Gasteiger partial charge in [-0.25, -0.2) is 0 Å². The van der Waals surface area contributed by atoms with Crippen LogP contribution in [0.2, 0.25) is 0 Å². The van der Waals surface area contributed by atoms with Crippen molar-refractivity contribution in [2.75, 3.05) is 26.2 Å². The Bertz CT molecular complexity index is 918. The van der Waals surface area contributed by atoms with Crippen molar-refractivity contribution in [3.05, 3.63) is 88.9 Å². The Balaban J connectivity index is 1.79. The molecule has 1 atom stereocenters. The predicted molar refractivity (Wildman–Crippen MR) is 110 cm³/mol. The standard InChI is InChI=1S/C22H25N3O3/c1-3-11-28-23-20-12-19(18-9-10-22(27)24(2)13-18)14-25(15-20)16-21(26)17-7-5-4-6-8-17/h3-10,12-13,20,23H,1,11,14-16H2,2H3. The van der Waals surface area contributed by atoms with Gasteiger partial charge in [0.1, 0.15) is 0 Å². The number of pyridine rings is 1. The number of benzene rings is 1. The number of nitrogens with zero attached hydrogens (tertiary/aromatic N) is 2. The van der Waals surface area contributed by atoms with Crippen molar-refractivity contribution in [2.45, 2.75) is 6.04 Å². The monoisotopic (exact) mass is 379 g/mol. The summed E-state index contributed by atoms with van der Waals surface area (Å²) in [7, 11) is 1.73. The highest BCUT2D eigenvalue weighted by molar-refractivity contribution is 5.97. The fourth-order valence-electron chi connectivity index (χ4n) is 3.23. The van der Waals surface area contributed by atoms with E-state index in [9.17, 15) is 9.59 Å². The molecule has 1 aliphatic rings. The van der Waals surface area contributed by atoms with Gasteiger partial charge in [-0.1, -0.05) is 42.5 Å². The molecule has 146 valence electrons. The minimum atomic E-state index is -0.0792. The van der Waals surface area contributed by atoms with Crippen LogP contribution in [0.25, 0.3) is 5.57 Å². The molecule has 0 saturated carbocycles. The van der Waals surface area contributed by atoms with Crippen LogP contribution in [0.1, 0.15) is 15.9 Å². The minimum absolute atomic E-state index is 0.0553. The highest BCUT2D eigenvalue weighted by Crippen LogP contribution is 2.20. The van der Waals surface area contributed by atoms with E-state index < -0.39 is 0 Å². The maximum absolute atomic E-state index is 12.7. The molecule has 1 aromatic carbocycles. The molecule has 0 radical (unpaired) electrons. The summed E-state index contributed by atoms with van der Waals surface area (Å²) >= 11 is 0. The SMILES string of the molecule is C=CCONC1C=C(c2ccc(=O)n(C)c2)CN(CC(=O)c2ccccc2)C1. The summed E-state index contributed by atoms with van der Waals surface area (Å²) in [5.41, 5.74) is 5.67. The molecule has 1 aliphatic heterocycles. The normalized spacial score (nSPS) is 17.2. The lowest BCUT2D eigenvalue weighted by atomic mass is 9.99. The molecule has 0 aliphatic carbocycles. The minimum Gasteiger partial charge on any atom is -0.318 e. The van der Waals surface area contributed by atoms with Crippen molar-refractivity contribution in [3.8, 4) is 0 Å². The van der Waals surface area contributed by atoms with Gasteiger partial charge < -0.3 is 4.57 Å². The van der Waals surface area contributed by atoms with Crippen molar-refractivity contribution in [2.24, 2.45) is 7.05 Å². The van der Waals surface area contributed by atoms with E-state index >= 15 is 0 Å². The summed E-state index contributed by atoms with van der Waals surface area (Å²) in [5, 5.41) is 0. The highest BCUT2D eigenvalue weighted by atomic mass is 16.6. The molecular formula is C22H25N3O3. The number of hydrogen-bond acceptors (Lipinski definition) is 5. The number of ketones is 1. The largest absolute Gasteiger partial charge is 0.318 e. The smallest absolute Gasteiger partial charge is 0.250 e. The third-order valence-corrected chi connectivity index (χ3v) is 4.61. The van der Waals surface area contributed by atoms with Crippen LogP contribution in [0, 0.1) is 0 Å². The molecule has 1 aromatic heterocycles. The Morgan fingerprint density at radius 2 is 2.07 bits per heavy atom. The number of aryl methyl sites for hydroxylation is 1. The molecule has 0 amide bonds. The molecule has 0 spiro atoms. The van der Waals surface area contributed by atoms with Crippen molar-refractivity contribution in [1.82, 2.24) is 14.9 Å². The van der Waals surface area contributed by atoms with Crippen molar-refractivity contribution < 1.29 is 9.63 Å². The Morgan fingerprint density at radius 1 is 1.29 bits per heavy atom. The van der Waals surface area contributed by atoms with Crippen molar-refractivity contribution >= 4 is 11.4 Å². The van der Waals surface area contributed by atoms with E-state index in [0.717, 1.165) is 11.1 Å². The van der Waals surface area contributed by atoms with E-state index in [1.165, 1.54) is 0 Å². The first-order valence-corrected chi connectivity index (χ1v) is 9.23. The third-order valence-electron chi connectivity index (χ3n) is 4.61. The zero-order valence-corrected chi connectivity index (χ0v) is 16.0. The van der Waals surface area contributed by atoms with Crippen LogP contribution in [0.3, 0.4) is 0 Å². The maximum Gasteiger partial charge on any atom is 0.250 e. The van der Waals surface area contributed by atoms with Crippen LogP contribution in [-0.4, -0.2) is 47.5 Å². The van der Waals surface area contributed by atoms with Gasteiger partial charge >= 0.3 is 0 Å². The summed E-state index contributed by atoms with van der Waals surface area (Å²) in [6.07, 6.45) is 5.58. The van der Waals surface area contributed by atoms with Crippen LogP contribution in [0.15, 0.2) is 72.2 Å². The second-order valence-electron chi connectivity index (χ2n) is 6.84. The molecule has 6 heteroatoms. The highest BCUT2D eigenvalue weighted by Gasteiger charge is 2.23. The van der Waals surface area contributed by atoms with E-state index in [0.29, 0.717) is 31.8 Å². The van der Waals surface area contributed by atoms with Crippen molar-refractivity contribution in [3.63, 3.8) is 0 Å². The molecular weight excluding hydrogens is 354 g/mol. The second kappa shape index (κ2) is 9.41. The lowest BCUT2D eigenvalue weighted by Gasteiger charge is -2.32. The van der Waals surface area contributed by atoms with E-state index in [1.807, 2.05) is 42.6 Å². The van der Waals surface area contributed by atoms with Gasteiger partial charge in [-0.05, 0) is 17.2 Å². The zero-order valence-electron chi connectivity index (χ0n) is 16.0. The fourth-order valence-corrected chi connectivity index (χ4v) is 3.23. The first-order chi connectivity index (χ1) is 13.6. The van der Waals surface area contributed by atoms with E-state index in [1.54, 1.807) is 23.8 Å². The lowest BCUT2D eigenvalue weighted by molar-refractivity contribution is 0.0357. The summed E-state index contributed by atoms with van der Waals surface area (Å²) in [6, 6.07) is 12.6. The molecule has 3 rings (SSSR count). The average Bonchev–Trinajstić information content (AvgIpc) is 2.71. The third kappa shape index (κ3) is 5.13. The summed E-state index contributed by atoms with van der Waals surface area (Å²) < 4.78 is 1.56. The molecule has 1 N–H and O–H groups in total. The number of rotatable bonds is 8. The van der Waals surface area contributed by atoms with Crippen molar-refractivity contribution in [1.29, 1.82) is 0 Å². The van der Waals surface area contributed by atoms with Gasteiger partial charge in [-0.2, -0.15) is 5.48 Å².